The van der Waals surface area contributed by atoms with Gasteiger partial charge in [-0.25, -0.2) is 0 Å². The number of nitrogens with zero attached hydrogens (tertiary/aromatic N) is 7. The standard InChI is InChI=1S/C24H27N7O/c1-3-30-14-21-18(12-29(2)27-21)16-9-17-20(25-10-16)11-26-24(17)19-13-31(8-4-5-22(30)32)28-23(19)15-6-7-15/h9-10,12-13,15H,3-8,11,14H2,1-2H3. The Hall–Kier alpha value is -3.29. The Balaban J connectivity index is 1.51. The molecule has 3 aromatic heterocycles. The number of aliphatic imine (C=N–C) groups is 1. The van der Waals surface area contributed by atoms with E-state index in [9.17, 15) is 4.79 Å². The maximum absolute atomic E-state index is 13.0. The van der Waals surface area contributed by atoms with Crippen molar-refractivity contribution in [3.8, 4) is 11.1 Å². The predicted molar refractivity (Wildman–Crippen MR) is 120 cm³/mol. The third kappa shape index (κ3) is 3.25. The lowest BCUT2D eigenvalue weighted by Crippen LogP contribution is -2.30. The molecule has 5 heterocycles. The third-order valence-electron chi connectivity index (χ3n) is 6.69. The Kier molecular flexibility index (Phi) is 4.48. The van der Waals surface area contributed by atoms with E-state index in [0.717, 1.165) is 58.0 Å². The number of carbonyl (C=O) groups excluding carboxylic acids is 1. The zero-order valence-corrected chi connectivity index (χ0v) is 18.6. The topological polar surface area (TPSA) is 81.2 Å². The van der Waals surface area contributed by atoms with Gasteiger partial charge in [0.2, 0.25) is 5.91 Å². The normalized spacial score (nSPS) is 18.2. The zero-order chi connectivity index (χ0) is 21.8. The first kappa shape index (κ1) is 19.4. The lowest BCUT2D eigenvalue weighted by molar-refractivity contribution is -0.131. The SMILES string of the molecule is CCN1Cc2nn(C)cc2-c2cnc3c(c2)C(=NC3)c2cn(nc2C2CC2)CCCC1=O. The van der Waals surface area contributed by atoms with Crippen LogP contribution in [0.3, 0.4) is 0 Å². The zero-order valence-electron chi connectivity index (χ0n) is 18.6. The summed E-state index contributed by atoms with van der Waals surface area (Å²) in [6.07, 6.45) is 9.71. The molecule has 0 radical (unpaired) electrons. The van der Waals surface area contributed by atoms with Gasteiger partial charge in [-0.3, -0.25) is 24.1 Å². The molecular weight excluding hydrogens is 402 g/mol. The van der Waals surface area contributed by atoms with Crippen molar-refractivity contribution in [1.29, 1.82) is 0 Å². The fraction of sp³-hybridized carbons (Fsp3) is 0.458. The summed E-state index contributed by atoms with van der Waals surface area (Å²) in [6.45, 7) is 4.52. The molecule has 3 aromatic rings. The molecule has 6 rings (SSSR count). The minimum atomic E-state index is 0.159. The van der Waals surface area contributed by atoms with E-state index in [2.05, 4.69) is 12.3 Å². The van der Waals surface area contributed by atoms with Gasteiger partial charge in [-0.05, 0) is 32.3 Å². The molecule has 3 aliphatic rings. The highest BCUT2D eigenvalue weighted by atomic mass is 16.2. The number of pyridine rings is 1. The summed E-state index contributed by atoms with van der Waals surface area (Å²) in [5, 5.41) is 9.61. The first-order valence-electron chi connectivity index (χ1n) is 11.5. The quantitative estimate of drug-likeness (QED) is 0.627. The van der Waals surface area contributed by atoms with Crippen molar-refractivity contribution in [1.82, 2.24) is 29.4 Å². The molecule has 1 saturated carbocycles. The van der Waals surface area contributed by atoms with Crippen molar-refractivity contribution in [2.75, 3.05) is 6.54 Å². The molecule has 0 saturated heterocycles. The number of rotatable bonds is 2. The third-order valence-corrected chi connectivity index (χ3v) is 6.69. The molecule has 32 heavy (non-hydrogen) atoms. The van der Waals surface area contributed by atoms with Gasteiger partial charge in [0.15, 0.2) is 0 Å². The van der Waals surface area contributed by atoms with E-state index in [1.54, 1.807) is 0 Å². The van der Waals surface area contributed by atoms with E-state index in [-0.39, 0.29) is 5.91 Å². The van der Waals surface area contributed by atoms with Gasteiger partial charge in [-0.2, -0.15) is 10.2 Å². The Morgan fingerprint density at radius 3 is 2.78 bits per heavy atom. The van der Waals surface area contributed by atoms with Crippen LogP contribution in [-0.4, -0.2) is 47.6 Å². The van der Waals surface area contributed by atoms with E-state index in [4.69, 9.17) is 20.2 Å². The molecule has 0 atom stereocenters. The fourth-order valence-corrected chi connectivity index (χ4v) is 4.83. The van der Waals surface area contributed by atoms with E-state index < -0.39 is 0 Å². The lowest BCUT2D eigenvalue weighted by atomic mass is 9.98. The van der Waals surface area contributed by atoms with Gasteiger partial charge in [0.25, 0.3) is 0 Å². The molecule has 0 spiro atoms. The van der Waals surface area contributed by atoms with Crippen LogP contribution in [0.2, 0.25) is 0 Å². The van der Waals surface area contributed by atoms with Gasteiger partial charge in [0.1, 0.15) is 0 Å². The van der Waals surface area contributed by atoms with Crippen molar-refractivity contribution in [2.24, 2.45) is 12.0 Å². The summed E-state index contributed by atoms with van der Waals surface area (Å²) >= 11 is 0. The monoisotopic (exact) mass is 429 g/mol. The second-order valence-corrected chi connectivity index (χ2v) is 9.02. The first-order chi connectivity index (χ1) is 15.6. The molecule has 4 bridgehead atoms. The number of amides is 1. The molecule has 8 heteroatoms. The predicted octanol–water partition coefficient (Wildman–Crippen LogP) is 3.05. The minimum Gasteiger partial charge on any atom is -0.337 e. The van der Waals surface area contributed by atoms with Crippen molar-refractivity contribution in [3.63, 3.8) is 0 Å². The molecular formula is C24H27N7O. The largest absolute Gasteiger partial charge is 0.337 e. The smallest absolute Gasteiger partial charge is 0.222 e. The Bertz CT molecular complexity index is 1250. The van der Waals surface area contributed by atoms with E-state index >= 15 is 0 Å². The maximum atomic E-state index is 13.0. The van der Waals surface area contributed by atoms with Gasteiger partial charge in [0.05, 0.1) is 35.9 Å². The molecule has 164 valence electrons. The van der Waals surface area contributed by atoms with Crippen LogP contribution in [0.15, 0.2) is 29.6 Å². The van der Waals surface area contributed by atoms with Gasteiger partial charge in [-0.15, -0.1) is 0 Å². The second-order valence-electron chi connectivity index (χ2n) is 9.02. The Morgan fingerprint density at radius 1 is 1.09 bits per heavy atom. The van der Waals surface area contributed by atoms with Crippen LogP contribution >= 0.6 is 0 Å². The summed E-state index contributed by atoms with van der Waals surface area (Å²) in [4.78, 5) is 24.5. The van der Waals surface area contributed by atoms with Crippen LogP contribution in [0.5, 0.6) is 0 Å². The highest BCUT2D eigenvalue weighted by molar-refractivity contribution is 6.16. The fourth-order valence-electron chi connectivity index (χ4n) is 4.83. The maximum Gasteiger partial charge on any atom is 0.222 e. The molecule has 0 unspecified atom stereocenters. The Labute approximate surface area is 187 Å². The summed E-state index contributed by atoms with van der Waals surface area (Å²) in [5.41, 5.74) is 8.34. The minimum absolute atomic E-state index is 0.159. The van der Waals surface area contributed by atoms with Gasteiger partial charge < -0.3 is 4.90 Å². The number of carbonyl (C=O) groups is 1. The highest BCUT2D eigenvalue weighted by Gasteiger charge is 2.33. The van der Waals surface area contributed by atoms with E-state index in [1.165, 1.54) is 12.8 Å². The van der Waals surface area contributed by atoms with Crippen molar-refractivity contribution < 1.29 is 4.79 Å². The van der Waals surface area contributed by atoms with Crippen LogP contribution in [0.1, 0.15) is 66.7 Å². The molecule has 1 amide bonds. The number of hydrogen-bond donors (Lipinski definition) is 0. The van der Waals surface area contributed by atoms with Gasteiger partial charge in [0, 0.05) is 73.3 Å². The summed E-state index contributed by atoms with van der Waals surface area (Å²) in [7, 11) is 1.92. The number of aromatic nitrogens is 5. The highest BCUT2D eigenvalue weighted by Crippen LogP contribution is 2.42. The lowest BCUT2D eigenvalue weighted by Gasteiger charge is -2.20. The van der Waals surface area contributed by atoms with Gasteiger partial charge in [-0.1, -0.05) is 0 Å². The van der Waals surface area contributed by atoms with Crippen LogP contribution in [-0.2, 0) is 31.5 Å². The van der Waals surface area contributed by atoms with Gasteiger partial charge >= 0.3 is 0 Å². The van der Waals surface area contributed by atoms with Crippen molar-refractivity contribution in [2.45, 2.75) is 58.2 Å². The molecule has 1 fully saturated rings. The van der Waals surface area contributed by atoms with Crippen LogP contribution < -0.4 is 0 Å². The molecule has 0 aromatic carbocycles. The average Bonchev–Trinajstić information content (AvgIpc) is 3.24. The van der Waals surface area contributed by atoms with Crippen LogP contribution in [0.25, 0.3) is 11.1 Å². The number of hydrogen-bond acceptors (Lipinski definition) is 5. The van der Waals surface area contributed by atoms with E-state index in [1.807, 2.05) is 40.6 Å². The summed E-state index contributed by atoms with van der Waals surface area (Å²) in [6, 6.07) is 2.19. The summed E-state index contributed by atoms with van der Waals surface area (Å²) in [5.74, 6) is 0.682. The second kappa shape index (κ2) is 7.39. The van der Waals surface area contributed by atoms with Crippen molar-refractivity contribution >= 4 is 11.6 Å². The summed E-state index contributed by atoms with van der Waals surface area (Å²) < 4.78 is 3.84. The molecule has 1 aliphatic carbocycles. The number of aryl methyl sites for hydroxylation is 2. The number of fused-ring (bicyclic) bond motifs is 6. The molecule has 8 nitrogen and oxygen atoms in total. The molecule has 2 aliphatic heterocycles. The van der Waals surface area contributed by atoms with E-state index in [0.29, 0.717) is 32.0 Å². The Morgan fingerprint density at radius 2 is 1.97 bits per heavy atom. The van der Waals surface area contributed by atoms with Crippen LogP contribution in [0, 0.1) is 0 Å². The molecule has 0 N–H and O–H groups in total. The first-order valence-corrected chi connectivity index (χ1v) is 11.5. The average molecular weight is 430 g/mol. The van der Waals surface area contributed by atoms with Crippen molar-refractivity contribution in [3.05, 3.63) is 52.9 Å². The van der Waals surface area contributed by atoms with Crippen LogP contribution in [0.4, 0.5) is 0 Å².